The molecule has 0 unspecified atom stereocenters. The Morgan fingerprint density at radius 2 is 1.78 bits per heavy atom. The van der Waals surface area contributed by atoms with Gasteiger partial charge in [0.05, 0.1) is 19.0 Å². The average Bonchev–Trinajstić information content (AvgIpc) is 3.20. The molecule has 1 amide bonds. The predicted molar refractivity (Wildman–Crippen MR) is 128 cm³/mol. The van der Waals surface area contributed by atoms with Gasteiger partial charge in [-0.05, 0) is 50.2 Å². The number of hydrogen-bond acceptors (Lipinski definition) is 6. The van der Waals surface area contributed by atoms with Gasteiger partial charge in [-0.25, -0.2) is 9.37 Å². The van der Waals surface area contributed by atoms with Crippen molar-refractivity contribution in [1.29, 1.82) is 0 Å². The topological polar surface area (TPSA) is 103 Å². The van der Waals surface area contributed by atoms with E-state index in [2.05, 4.69) is 20.7 Å². The van der Waals surface area contributed by atoms with Crippen LogP contribution in [0.2, 0.25) is 0 Å². The second kappa shape index (κ2) is 9.91. The lowest BCUT2D eigenvalue weighted by atomic mass is 10.2. The molecule has 2 aromatic carbocycles. The normalized spacial score (nSPS) is 11.7. The zero-order chi connectivity index (χ0) is 26.9. The van der Waals surface area contributed by atoms with Crippen LogP contribution >= 0.6 is 0 Å². The number of nitrogens with zero attached hydrogens (tertiary/aromatic N) is 4. The number of carbonyl (C=O) groups is 1. The molecule has 0 radical (unpaired) electrons. The van der Waals surface area contributed by atoms with Crippen molar-refractivity contribution in [2.75, 3.05) is 17.7 Å². The molecule has 9 nitrogen and oxygen atoms in total. The minimum absolute atomic E-state index is 0.0199. The van der Waals surface area contributed by atoms with E-state index in [4.69, 9.17) is 4.74 Å². The van der Waals surface area contributed by atoms with E-state index in [9.17, 15) is 27.2 Å². The minimum Gasteiger partial charge on any atom is -0.494 e. The summed E-state index contributed by atoms with van der Waals surface area (Å²) >= 11 is 0. The van der Waals surface area contributed by atoms with Crippen LogP contribution in [0.5, 0.6) is 5.75 Å². The van der Waals surface area contributed by atoms with Crippen LogP contribution in [-0.2, 0) is 17.5 Å². The number of hydrogen-bond donors (Lipinski definition) is 2. The summed E-state index contributed by atoms with van der Waals surface area (Å²) in [6.45, 7) is 3.17. The molecule has 0 bridgehead atoms. The molecule has 2 heterocycles. The molecule has 0 saturated heterocycles. The number of benzene rings is 2. The van der Waals surface area contributed by atoms with E-state index in [-0.39, 0.29) is 34.3 Å². The Kier molecular flexibility index (Phi) is 6.88. The first-order valence-corrected chi connectivity index (χ1v) is 11.0. The largest absolute Gasteiger partial charge is 0.494 e. The van der Waals surface area contributed by atoms with Gasteiger partial charge in [0.1, 0.15) is 12.1 Å². The van der Waals surface area contributed by atoms with E-state index >= 15 is 0 Å². The summed E-state index contributed by atoms with van der Waals surface area (Å²) < 4.78 is 59.8. The number of fused-ring (bicyclic) bond motifs is 1. The van der Waals surface area contributed by atoms with E-state index in [1.807, 2.05) is 0 Å². The maximum atomic E-state index is 13.9. The van der Waals surface area contributed by atoms with E-state index < -0.39 is 35.6 Å². The molecule has 2 aromatic heterocycles. The van der Waals surface area contributed by atoms with Gasteiger partial charge in [-0.1, -0.05) is 0 Å². The molecule has 0 aliphatic carbocycles. The number of ether oxygens (including phenoxy) is 1. The summed E-state index contributed by atoms with van der Waals surface area (Å²) in [6, 6.07) is 7.98. The number of rotatable bonds is 7. The van der Waals surface area contributed by atoms with E-state index in [1.165, 1.54) is 42.4 Å². The molecule has 0 spiro atoms. The van der Waals surface area contributed by atoms with E-state index in [0.717, 1.165) is 22.8 Å². The van der Waals surface area contributed by atoms with Crippen molar-refractivity contribution < 1.29 is 27.1 Å². The highest BCUT2D eigenvalue weighted by molar-refractivity contribution is 5.91. The first-order valence-electron chi connectivity index (χ1n) is 11.0. The van der Waals surface area contributed by atoms with Crippen LogP contribution in [0.15, 0.2) is 53.6 Å². The second-order valence-corrected chi connectivity index (χ2v) is 8.36. The molecule has 0 atom stereocenters. The summed E-state index contributed by atoms with van der Waals surface area (Å²) in [6.07, 6.45) is -3.30. The zero-order valence-corrected chi connectivity index (χ0v) is 19.9. The van der Waals surface area contributed by atoms with Crippen LogP contribution in [0.4, 0.5) is 34.8 Å². The van der Waals surface area contributed by atoms with E-state index in [1.54, 1.807) is 13.8 Å². The SMILES string of the molecule is COc1ccc(NC(=O)Cn2cnc3c(Nc4ccc(C(F)(F)F)cc4)nn(C(C)C)c3c2=O)cc1F. The predicted octanol–water partition coefficient (Wildman–Crippen LogP) is 4.72. The van der Waals surface area contributed by atoms with Crippen molar-refractivity contribution >= 4 is 34.1 Å². The molecule has 37 heavy (non-hydrogen) atoms. The third-order valence-corrected chi connectivity index (χ3v) is 5.39. The van der Waals surface area contributed by atoms with Crippen LogP contribution < -0.4 is 20.9 Å². The second-order valence-electron chi connectivity index (χ2n) is 8.36. The highest BCUT2D eigenvalue weighted by Crippen LogP contribution is 2.31. The molecule has 0 aliphatic heterocycles. The van der Waals surface area contributed by atoms with Crippen LogP contribution in [-0.4, -0.2) is 32.3 Å². The maximum Gasteiger partial charge on any atom is 0.416 e. The number of amides is 1. The smallest absolute Gasteiger partial charge is 0.416 e. The van der Waals surface area contributed by atoms with Gasteiger partial charge in [-0.2, -0.15) is 18.3 Å². The summed E-state index contributed by atoms with van der Waals surface area (Å²) in [4.78, 5) is 30.1. The fraction of sp³-hybridized carbons (Fsp3) is 0.250. The fourth-order valence-corrected chi connectivity index (χ4v) is 3.61. The standard InChI is InChI=1S/C24H22F4N6O3/c1-13(2)34-21-20(22(32-34)31-15-6-4-14(5-7-15)24(26,27)28)29-12-33(23(21)36)11-19(35)30-16-8-9-18(37-3)17(25)10-16/h4-10,12-13H,11H2,1-3H3,(H,30,35)(H,31,32). The summed E-state index contributed by atoms with van der Waals surface area (Å²) in [5.74, 6) is -1.06. The highest BCUT2D eigenvalue weighted by Gasteiger charge is 2.30. The highest BCUT2D eigenvalue weighted by atomic mass is 19.4. The molecular weight excluding hydrogens is 496 g/mol. The van der Waals surface area contributed by atoms with E-state index in [0.29, 0.717) is 5.69 Å². The van der Waals surface area contributed by atoms with Crippen LogP contribution in [0, 0.1) is 5.82 Å². The molecule has 194 valence electrons. The van der Waals surface area contributed by atoms with Crippen molar-refractivity contribution in [3.8, 4) is 5.75 Å². The Morgan fingerprint density at radius 1 is 1.11 bits per heavy atom. The summed E-state index contributed by atoms with van der Waals surface area (Å²) in [7, 11) is 1.32. The first kappa shape index (κ1) is 25.7. The van der Waals surface area contributed by atoms with Gasteiger partial charge >= 0.3 is 6.18 Å². The number of alkyl halides is 3. The van der Waals surface area contributed by atoms with Gasteiger partial charge in [0.15, 0.2) is 22.9 Å². The minimum atomic E-state index is -4.47. The molecule has 13 heteroatoms. The third kappa shape index (κ3) is 5.39. The van der Waals surface area contributed by atoms with Gasteiger partial charge < -0.3 is 15.4 Å². The number of anilines is 3. The number of aromatic nitrogens is 4. The monoisotopic (exact) mass is 518 g/mol. The lowest BCUT2D eigenvalue weighted by molar-refractivity contribution is -0.137. The molecule has 0 saturated carbocycles. The quantitative estimate of drug-likeness (QED) is 0.343. The molecule has 4 aromatic rings. The summed E-state index contributed by atoms with van der Waals surface area (Å²) in [5, 5.41) is 9.80. The molecule has 2 N–H and O–H groups in total. The summed E-state index contributed by atoms with van der Waals surface area (Å²) in [5.41, 5.74) is -0.557. The van der Waals surface area contributed by atoms with Crippen LogP contribution in [0.25, 0.3) is 11.0 Å². The molecule has 0 fully saturated rings. The Bertz CT molecular complexity index is 1510. The average molecular weight is 518 g/mol. The molecular formula is C24H22F4N6O3. The Balaban J connectivity index is 1.61. The Labute approximate surface area is 207 Å². The number of halogens is 4. The molecule has 0 aliphatic rings. The first-order chi connectivity index (χ1) is 17.5. The van der Waals surface area contributed by atoms with Crippen LogP contribution in [0.1, 0.15) is 25.5 Å². The Morgan fingerprint density at radius 3 is 2.38 bits per heavy atom. The van der Waals surface area contributed by atoms with Crippen molar-refractivity contribution in [1.82, 2.24) is 19.3 Å². The lowest BCUT2D eigenvalue weighted by Crippen LogP contribution is -2.29. The molecule has 4 rings (SSSR count). The Hall–Kier alpha value is -4.42. The number of methoxy groups -OCH3 is 1. The number of nitrogens with one attached hydrogen (secondary N) is 2. The van der Waals surface area contributed by atoms with Gasteiger partial charge in [0.25, 0.3) is 5.56 Å². The fourth-order valence-electron chi connectivity index (χ4n) is 3.61. The third-order valence-electron chi connectivity index (χ3n) is 5.39. The van der Waals surface area contributed by atoms with Crippen molar-refractivity contribution in [3.05, 3.63) is 70.5 Å². The van der Waals surface area contributed by atoms with Gasteiger partial charge in [0, 0.05) is 23.5 Å². The maximum absolute atomic E-state index is 13.9. The van der Waals surface area contributed by atoms with Crippen molar-refractivity contribution in [3.63, 3.8) is 0 Å². The van der Waals surface area contributed by atoms with Crippen molar-refractivity contribution in [2.24, 2.45) is 0 Å². The number of carbonyl (C=O) groups excluding carboxylic acids is 1. The van der Waals surface area contributed by atoms with Crippen molar-refractivity contribution in [2.45, 2.75) is 32.6 Å². The van der Waals surface area contributed by atoms with Gasteiger partial charge in [0.2, 0.25) is 5.91 Å². The van der Waals surface area contributed by atoms with Gasteiger partial charge in [-0.3, -0.25) is 18.8 Å². The van der Waals surface area contributed by atoms with Gasteiger partial charge in [-0.15, -0.1) is 0 Å². The zero-order valence-electron chi connectivity index (χ0n) is 19.9. The van der Waals surface area contributed by atoms with Crippen LogP contribution in [0.3, 0.4) is 0 Å². The lowest BCUT2D eigenvalue weighted by Gasteiger charge is -2.10.